The van der Waals surface area contributed by atoms with Crippen LogP contribution in [-0.2, 0) is 342 Å². The van der Waals surface area contributed by atoms with Crippen molar-refractivity contribution in [3.05, 3.63) is 284 Å². The Morgan fingerprint density at radius 2 is 0.545 bits per heavy atom. The van der Waals surface area contributed by atoms with Gasteiger partial charge in [0.2, 0.25) is 0 Å². The number of benzene rings is 12. The second kappa shape index (κ2) is 55.7. The summed E-state index contributed by atoms with van der Waals surface area (Å²) in [5.41, 5.74) is 20.9. The highest BCUT2D eigenvalue weighted by molar-refractivity contribution is 9.10. The Hall–Kier alpha value is -1.02. The first kappa shape index (κ1) is 92.9. The van der Waals surface area contributed by atoms with Gasteiger partial charge in [-0.2, -0.15) is 0 Å². The molecular formula is C68H49BrN4S37. The van der Waals surface area contributed by atoms with Crippen LogP contribution in [0.5, 0.6) is 0 Å². The molecule has 0 radical (unpaired) electrons. The summed E-state index contributed by atoms with van der Waals surface area (Å²) in [6.45, 7) is 0. The minimum Gasteiger partial charge on any atom is -0.399 e. The molecule has 0 aliphatic rings. The maximum absolute atomic E-state index is 5.72. The highest BCUT2D eigenvalue weighted by atomic mass is 79.9. The molecule has 14 aromatic rings. The zero-order chi connectivity index (χ0) is 77.0. The van der Waals surface area contributed by atoms with Crippen molar-refractivity contribution in [1.29, 1.82) is 0 Å². The molecule has 0 unspecified atom stereocenters. The number of hydrogen-bond donors (Lipinski definition) is 2. The molecule has 0 bridgehead atoms. The van der Waals surface area contributed by atoms with Crippen LogP contribution in [0.3, 0.4) is 0 Å². The van der Waals surface area contributed by atoms with Gasteiger partial charge < -0.3 is 20.2 Å². The van der Waals surface area contributed by atoms with E-state index >= 15 is 0 Å². The van der Waals surface area contributed by atoms with Crippen molar-refractivity contribution >= 4 is 441 Å². The van der Waals surface area contributed by atoms with Crippen LogP contribution in [0.2, 0.25) is 0 Å². The van der Waals surface area contributed by atoms with Crippen molar-refractivity contribution in [2.45, 2.75) is 0 Å². The number of hydrogen-bond acceptors (Lipinski definition) is 8. The highest BCUT2D eigenvalue weighted by Crippen LogP contribution is 2.37. The van der Waals surface area contributed by atoms with Crippen LogP contribution in [-0.4, -0.2) is 9.13 Å². The lowest BCUT2D eigenvalue weighted by Crippen LogP contribution is -1.93. The van der Waals surface area contributed by atoms with Crippen LogP contribution in [0, 0.1) is 0 Å². The lowest BCUT2D eigenvalue weighted by atomic mass is 9.98. The standard InChI is InChI=1S/C34H24N2.C18H12BrN.C16H13N.S18.S17.S2/c1-2-11-28(12-3-1)36-33-16-7-6-14-31(33)32-23-27(21-22-34(32)36)35-26-19-17-25(18-20-26)30-15-8-10-24-9-4-5-13-29(24)30;19-13-10-11-18-16(12-13)15-8-4-5-9-17(15)20(18)14-6-2-1-3-7-14;17-14-10-8-13(9-11-14)16-7-3-5-12-4-1-2-6-15(12)16;1-3-5-7-9-11-13-15-17-18-16-14-12-10-8-6-4-2;1-3-5-7-9-11-13-15-17-16-14-12-10-8-6-4-2;1-2/h1-23,35H;1-12H;1-11H,17H2;;;. The fourth-order valence-corrected chi connectivity index (χ4v) is 85.0. The minimum atomic E-state index is 0.800. The number of para-hydroxylation sites is 4. The van der Waals surface area contributed by atoms with Crippen molar-refractivity contribution in [1.82, 2.24) is 9.13 Å². The normalized spacial score (nSPS) is 9.75. The van der Waals surface area contributed by atoms with Crippen LogP contribution >= 0.6 is 15.9 Å². The van der Waals surface area contributed by atoms with Gasteiger partial charge in [0.25, 0.3) is 0 Å². The quantitative estimate of drug-likeness (QED) is 0.160. The summed E-state index contributed by atoms with van der Waals surface area (Å²) < 4.78 is 5.77. The number of nitrogens with two attached hydrogens (primary N) is 1. The van der Waals surface area contributed by atoms with E-state index in [1.54, 1.807) is 240 Å². The summed E-state index contributed by atoms with van der Waals surface area (Å²) in [5, 5.41) is 13.8. The molecule has 0 aliphatic carbocycles. The van der Waals surface area contributed by atoms with Crippen LogP contribution in [0.4, 0.5) is 17.1 Å². The smallest absolute Gasteiger partial charge is 0.0542 e. The van der Waals surface area contributed by atoms with Crippen molar-refractivity contribution in [3.8, 4) is 33.6 Å². The fraction of sp³-hybridized carbons (Fsp3) is 0. The van der Waals surface area contributed by atoms with E-state index < -0.39 is 0 Å². The molecule has 0 aliphatic heterocycles. The summed E-state index contributed by atoms with van der Waals surface area (Å²) in [7, 11) is 52.5. The molecule has 14 rings (SSSR count). The van der Waals surface area contributed by atoms with Crippen LogP contribution < -0.4 is 11.1 Å². The molecule has 12 aromatic carbocycles. The largest absolute Gasteiger partial charge is 0.399 e. The average molecular weight is 2190 g/mol. The topological polar surface area (TPSA) is 47.9 Å². The fourth-order valence-electron chi connectivity index (χ4n) is 10.5. The summed E-state index contributed by atoms with van der Waals surface area (Å²) in [6.07, 6.45) is 0. The first-order valence-corrected chi connectivity index (χ1v) is 76.3. The third-order valence-electron chi connectivity index (χ3n) is 14.4. The average Bonchev–Trinajstić information content (AvgIpc) is 1.59. The Morgan fingerprint density at radius 1 is 0.255 bits per heavy atom. The number of nitrogens with one attached hydrogen (secondary N) is 1. The monoisotopic (exact) mass is 2180 g/mol. The predicted octanol–water partition coefficient (Wildman–Crippen LogP) is 18.9. The van der Waals surface area contributed by atoms with E-state index in [0.717, 1.165) is 21.5 Å². The van der Waals surface area contributed by atoms with E-state index in [4.69, 9.17) is 50.5 Å². The number of rotatable bonds is 6. The van der Waals surface area contributed by atoms with Gasteiger partial charge in [-0.3, -0.25) is 0 Å². The summed E-state index contributed by atoms with van der Waals surface area (Å²) in [5.74, 6) is 0. The molecular weight excluding hydrogens is 2140 g/mol. The molecule has 110 heavy (non-hydrogen) atoms. The van der Waals surface area contributed by atoms with Crippen molar-refractivity contribution < 1.29 is 0 Å². The molecule has 42 heteroatoms. The summed E-state index contributed by atoms with van der Waals surface area (Å²) >= 11 is 29.9. The summed E-state index contributed by atoms with van der Waals surface area (Å²) in [4.78, 5) is 0. The third kappa shape index (κ3) is 30.7. The maximum atomic E-state index is 5.72. The van der Waals surface area contributed by atoms with Gasteiger partial charge in [-0.25, -0.2) is 0 Å². The number of halogens is 1. The first-order valence-electron chi connectivity index (χ1n) is 30.2. The Labute approximate surface area is 764 Å². The van der Waals surface area contributed by atoms with Crippen molar-refractivity contribution in [3.63, 3.8) is 0 Å². The third-order valence-corrected chi connectivity index (χ3v) is 79.4. The number of nitrogens with zero attached hydrogens (tertiary/aromatic N) is 2. The van der Waals surface area contributed by atoms with Crippen LogP contribution in [0.1, 0.15) is 0 Å². The number of anilines is 3. The second-order valence-electron chi connectivity index (χ2n) is 20.3. The van der Waals surface area contributed by atoms with Crippen molar-refractivity contribution in [2.75, 3.05) is 11.1 Å². The van der Waals surface area contributed by atoms with E-state index in [9.17, 15) is 0 Å². The van der Waals surface area contributed by atoms with Crippen LogP contribution in [0.15, 0.2) is 284 Å². The van der Waals surface area contributed by atoms with Gasteiger partial charge >= 0.3 is 0 Å². The Bertz CT molecular complexity index is 7060. The maximum Gasteiger partial charge on any atom is 0.0542 e. The van der Waals surface area contributed by atoms with Crippen LogP contribution in [0.25, 0.3) is 98.8 Å². The second-order valence-corrected chi connectivity index (χ2v) is 76.0. The van der Waals surface area contributed by atoms with Gasteiger partial charge in [-0.1, -0.05) is 198 Å². The van der Waals surface area contributed by atoms with Gasteiger partial charge in [-0.05, 0) is 141 Å². The molecule has 0 spiro atoms. The van der Waals surface area contributed by atoms with Gasteiger partial charge in [0.1, 0.15) is 0 Å². The molecule has 0 amide bonds. The molecule has 2 heterocycles. The van der Waals surface area contributed by atoms with Gasteiger partial charge in [-0.15, -0.1) is 0 Å². The molecule has 4 nitrogen and oxygen atoms in total. The van der Waals surface area contributed by atoms with E-state index in [2.05, 4.69) is 314 Å². The Balaban J connectivity index is 0.000000164. The molecule has 2 aromatic heterocycles. The first-order chi connectivity index (χ1) is 54.4. The van der Waals surface area contributed by atoms with Gasteiger partial charge in [0.05, 0.1) is 22.1 Å². The highest BCUT2D eigenvalue weighted by Gasteiger charge is 2.14. The molecule has 0 saturated carbocycles. The van der Waals surface area contributed by atoms with E-state index in [1.165, 1.54) is 134 Å². The zero-order valence-corrected chi connectivity index (χ0v) is 86.8. The molecule has 0 saturated heterocycles. The summed E-state index contributed by atoms with van der Waals surface area (Å²) in [6, 6.07) is 97.9. The zero-order valence-electron chi connectivity index (χ0n) is 55.0. The Morgan fingerprint density at radius 3 is 0.927 bits per heavy atom. The minimum absolute atomic E-state index is 0.800. The van der Waals surface area contributed by atoms with Gasteiger partial charge in [0, 0.05) is 397 Å². The molecule has 3 N–H and O–H groups in total. The number of fused-ring (bicyclic) bond motifs is 8. The SMILES string of the molecule is Brc1ccc2c(c1)c1ccccc1n2-c1ccccc1.Nc1ccc(-c2cccc3ccccc23)cc1.S=S.S=S=S=S=S=S=S=S=S=S=S=S=S=S=S=S=S.S=S=S=S=S=S=S=S=S=S=S=S=S=S=S=S=S=S.c1ccc(-n2c3ccccc3c3cc(Nc4ccc(-c5cccc6ccccc56)cc4)ccc32)cc1. The van der Waals surface area contributed by atoms with E-state index in [0.29, 0.717) is 0 Å². The number of aromatic nitrogens is 2. The lowest BCUT2D eigenvalue weighted by Gasteiger charge is -2.11. The molecule has 570 valence electrons. The molecule has 0 atom stereocenters. The number of nitrogen functional groups attached to an aromatic ring is 1. The predicted molar refractivity (Wildman–Crippen MR) is 588 cm³/mol. The van der Waals surface area contributed by atoms with Gasteiger partial charge in [0.15, 0.2) is 0 Å². The lowest BCUT2D eigenvalue weighted by molar-refractivity contribution is 1.18. The van der Waals surface area contributed by atoms with Crippen molar-refractivity contribution in [2.24, 2.45) is 0 Å². The molecule has 0 fully saturated rings. The van der Waals surface area contributed by atoms with E-state index in [-0.39, 0.29) is 0 Å². The Kier molecular flexibility index (Phi) is 47.0. The van der Waals surface area contributed by atoms with E-state index in [1.807, 2.05) is 18.2 Å².